The van der Waals surface area contributed by atoms with Crippen LogP contribution in [-0.4, -0.2) is 43.8 Å². The second-order valence-corrected chi connectivity index (χ2v) is 6.80. The van der Waals surface area contributed by atoms with E-state index in [0.29, 0.717) is 24.0 Å². The molecule has 1 aliphatic heterocycles. The van der Waals surface area contributed by atoms with E-state index in [1.54, 1.807) is 18.6 Å². The average Bonchev–Trinajstić information content (AvgIpc) is 3.33. The molecule has 0 spiro atoms. The van der Waals surface area contributed by atoms with Gasteiger partial charge in [-0.05, 0) is 30.9 Å². The van der Waals surface area contributed by atoms with E-state index < -0.39 is 11.9 Å². The number of pyridine rings is 1. The smallest absolute Gasteiger partial charge is 0.256 e. The van der Waals surface area contributed by atoms with Gasteiger partial charge in [-0.3, -0.25) is 9.59 Å². The van der Waals surface area contributed by atoms with Crippen molar-refractivity contribution in [1.29, 1.82) is 0 Å². The standard InChI is InChI=1S/C20H21N5O2/c21-18(26)17-7-4-9-25(17)20(27)15-11-16-19(22-12-15)24(13-23-16)10-8-14-5-2-1-3-6-14/h1-3,5-6,11-13,17H,4,7-10H2,(H2,21,26)/t17-/m1/s1. The minimum Gasteiger partial charge on any atom is -0.368 e. The number of imidazole rings is 1. The molecule has 4 rings (SSSR count). The molecule has 0 bridgehead atoms. The van der Waals surface area contributed by atoms with Crippen molar-refractivity contribution in [3.05, 3.63) is 60.0 Å². The van der Waals surface area contributed by atoms with Gasteiger partial charge < -0.3 is 15.2 Å². The van der Waals surface area contributed by atoms with Crippen molar-refractivity contribution in [3.63, 3.8) is 0 Å². The predicted molar refractivity (Wildman–Crippen MR) is 101 cm³/mol. The van der Waals surface area contributed by atoms with E-state index in [4.69, 9.17) is 5.73 Å². The molecule has 27 heavy (non-hydrogen) atoms. The Morgan fingerprint density at radius 1 is 1.19 bits per heavy atom. The lowest BCUT2D eigenvalue weighted by Crippen LogP contribution is -2.43. The summed E-state index contributed by atoms with van der Waals surface area (Å²) in [4.78, 5) is 34.7. The van der Waals surface area contributed by atoms with Crippen LogP contribution in [0.2, 0.25) is 0 Å². The van der Waals surface area contributed by atoms with E-state index in [2.05, 4.69) is 22.1 Å². The topological polar surface area (TPSA) is 94.1 Å². The second kappa shape index (κ2) is 7.19. The number of aryl methyl sites for hydroxylation is 2. The lowest BCUT2D eigenvalue weighted by molar-refractivity contribution is -0.121. The number of nitrogens with two attached hydrogens (primary N) is 1. The van der Waals surface area contributed by atoms with Crippen molar-refractivity contribution >= 4 is 23.0 Å². The Morgan fingerprint density at radius 2 is 2.00 bits per heavy atom. The lowest BCUT2D eigenvalue weighted by Gasteiger charge is -2.22. The summed E-state index contributed by atoms with van der Waals surface area (Å²) in [7, 11) is 0. The number of hydrogen-bond donors (Lipinski definition) is 1. The summed E-state index contributed by atoms with van der Waals surface area (Å²) in [6.45, 7) is 1.30. The zero-order valence-corrected chi connectivity index (χ0v) is 14.9. The number of carbonyl (C=O) groups excluding carboxylic acids is 2. The molecule has 2 amide bonds. The third-order valence-electron chi connectivity index (χ3n) is 5.03. The van der Waals surface area contributed by atoms with Gasteiger partial charge in [-0.25, -0.2) is 9.97 Å². The minimum atomic E-state index is -0.531. The number of primary amides is 1. The first-order valence-corrected chi connectivity index (χ1v) is 9.08. The maximum atomic E-state index is 12.8. The molecule has 0 unspecified atom stereocenters. The summed E-state index contributed by atoms with van der Waals surface area (Å²) in [5.41, 5.74) is 8.51. The Morgan fingerprint density at radius 3 is 2.78 bits per heavy atom. The number of hydrogen-bond acceptors (Lipinski definition) is 4. The number of aromatic nitrogens is 3. The third-order valence-corrected chi connectivity index (χ3v) is 5.03. The summed E-state index contributed by atoms with van der Waals surface area (Å²) in [5, 5.41) is 0. The second-order valence-electron chi connectivity index (χ2n) is 6.80. The lowest BCUT2D eigenvalue weighted by atomic mass is 10.1. The first-order chi connectivity index (χ1) is 13.1. The van der Waals surface area contributed by atoms with Gasteiger partial charge in [0.05, 0.1) is 11.9 Å². The predicted octanol–water partition coefficient (Wildman–Crippen LogP) is 1.76. The molecule has 2 N–H and O–H groups in total. The highest BCUT2D eigenvalue weighted by atomic mass is 16.2. The number of benzene rings is 1. The van der Waals surface area contributed by atoms with Crippen molar-refractivity contribution < 1.29 is 9.59 Å². The third kappa shape index (κ3) is 3.40. The Bertz CT molecular complexity index is 982. The summed E-state index contributed by atoms with van der Waals surface area (Å²) in [6.07, 6.45) is 5.58. The molecule has 0 radical (unpaired) electrons. The van der Waals surface area contributed by atoms with Crippen molar-refractivity contribution in [2.45, 2.75) is 31.8 Å². The van der Waals surface area contributed by atoms with Crippen molar-refractivity contribution in [2.24, 2.45) is 5.73 Å². The molecule has 1 aromatic carbocycles. The van der Waals surface area contributed by atoms with Crippen LogP contribution in [-0.2, 0) is 17.8 Å². The minimum absolute atomic E-state index is 0.218. The van der Waals surface area contributed by atoms with Crippen molar-refractivity contribution in [3.8, 4) is 0 Å². The maximum Gasteiger partial charge on any atom is 0.256 e. The summed E-state index contributed by atoms with van der Waals surface area (Å²) >= 11 is 0. The molecule has 1 aliphatic rings. The van der Waals surface area contributed by atoms with E-state index in [9.17, 15) is 9.59 Å². The van der Waals surface area contributed by atoms with Gasteiger partial charge in [-0.15, -0.1) is 0 Å². The van der Waals surface area contributed by atoms with Crippen LogP contribution in [0.25, 0.3) is 11.2 Å². The number of fused-ring (bicyclic) bond motifs is 1. The van der Waals surface area contributed by atoms with Crippen LogP contribution in [0, 0.1) is 0 Å². The number of amides is 2. The fraction of sp³-hybridized carbons (Fsp3) is 0.300. The van der Waals surface area contributed by atoms with E-state index >= 15 is 0 Å². The van der Waals surface area contributed by atoms with Crippen LogP contribution in [0.5, 0.6) is 0 Å². The zero-order valence-electron chi connectivity index (χ0n) is 14.9. The summed E-state index contributed by atoms with van der Waals surface area (Å²) in [5.74, 6) is -0.676. The van der Waals surface area contributed by atoms with Gasteiger partial charge in [0, 0.05) is 19.3 Å². The zero-order chi connectivity index (χ0) is 18.8. The van der Waals surface area contributed by atoms with Crippen molar-refractivity contribution in [1.82, 2.24) is 19.4 Å². The molecule has 1 atom stereocenters. The van der Waals surface area contributed by atoms with Crippen molar-refractivity contribution in [2.75, 3.05) is 6.54 Å². The van der Waals surface area contributed by atoms with Crippen LogP contribution in [0.3, 0.4) is 0 Å². The number of carbonyl (C=O) groups is 2. The Balaban J connectivity index is 1.53. The largest absolute Gasteiger partial charge is 0.368 e. The number of rotatable bonds is 5. The van der Waals surface area contributed by atoms with Gasteiger partial charge in [0.25, 0.3) is 5.91 Å². The highest BCUT2D eigenvalue weighted by molar-refractivity contribution is 5.99. The van der Waals surface area contributed by atoms with Gasteiger partial charge in [0.15, 0.2) is 5.65 Å². The van der Waals surface area contributed by atoms with E-state index in [1.807, 2.05) is 22.8 Å². The van der Waals surface area contributed by atoms with Gasteiger partial charge >= 0.3 is 0 Å². The van der Waals surface area contributed by atoms with Crippen LogP contribution in [0.15, 0.2) is 48.9 Å². The number of nitrogens with zero attached hydrogens (tertiary/aromatic N) is 4. The number of likely N-dealkylation sites (tertiary alicyclic amines) is 1. The van der Waals surface area contributed by atoms with Crippen LogP contribution >= 0.6 is 0 Å². The maximum absolute atomic E-state index is 12.8. The molecule has 3 heterocycles. The van der Waals surface area contributed by atoms with Crippen LogP contribution < -0.4 is 5.73 Å². The van der Waals surface area contributed by atoms with Gasteiger partial charge in [0.2, 0.25) is 5.91 Å². The Hall–Kier alpha value is -3.22. The molecular formula is C20H21N5O2. The molecule has 138 valence electrons. The monoisotopic (exact) mass is 363 g/mol. The average molecular weight is 363 g/mol. The first-order valence-electron chi connectivity index (χ1n) is 9.08. The highest BCUT2D eigenvalue weighted by Gasteiger charge is 2.33. The Labute approximate surface area is 156 Å². The summed E-state index contributed by atoms with van der Waals surface area (Å²) in [6, 6.07) is 11.4. The molecule has 7 nitrogen and oxygen atoms in total. The molecule has 3 aromatic rings. The molecule has 2 aromatic heterocycles. The fourth-order valence-electron chi connectivity index (χ4n) is 3.60. The molecule has 0 aliphatic carbocycles. The van der Waals surface area contributed by atoms with Crippen LogP contribution in [0.1, 0.15) is 28.8 Å². The molecule has 7 heteroatoms. The van der Waals surface area contributed by atoms with Crippen LogP contribution in [0.4, 0.5) is 0 Å². The summed E-state index contributed by atoms with van der Waals surface area (Å²) < 4.78 is 1.98. The fourth-order valence-corrected chi connectivity index (χ4v) is 3.60. The van der Waals surface area contributed by atoms with Gasteiger partial charge in [-0.1, -0.05) is 30.3 Å². The van der Waals surface area contributed by atoms with E-state index in [0.717, 1.165) is 25.0 Å². The molecule has 0 saturated carbocycles. The molecular weight excluding hydrogens is 342 g/mol. The normalized spacial score (nSPS) is 16.7. The Kier molecular flexibility index (Phi) is 4.58. The quantitative estimate of drug-likeness (QED) is 0.747. The van der Waals surface area contributed by atoms with E-state index in [1.165, 1.54) is 10.5 Å². The SMILES string of the molecule is NC(=O)[C@H]1CCCN1C(=O)c1cnc2c(c1)ncn2CCc1ccccc1. The highest BCUT2D eigenvalue weighted by Crippen LogP contribution is 2.21. The van der Waals surface area contributed by atoms with Gasteiger partial charge in [0.1, 0.15) is 11.6 Å². The first kappa shape index (κ1) is 17.2. The van der Waals surface area contributed by atoms with Gasteiger partial charge in [-0.2, -0.15) is 0 Å². The molecule has 1 fully saturated rings. The van der Waals surface area contributed by atoms with E-state index in [-0.39, 0.29) is 5.91 Å². The molecule has 1 saturated heterocycles.